The molecule has 0 saturated carbocycles. The van der Waals surface area contributed by atoms with Crippen LogP contribution in [0.4, 0.5) is 15.3 Å². The molecule has 144 valence electrons. The molecule has 2 heterocycles. The van der Waals surface area contributed by atoms with E-state index in [1.165, 1.54) is 0 Å². The summed E-state index contributed by atoms with van der Waals surface area (Å²) in [5, 5.41) is 24.8. The van der Waals surface area contributed by atoms with Crippen molar-refractivity contribution in [3.05, 3.63) is 23.5 Å². The fraction of sp³-hybridized carbons (Fsp3) is 0.588. The number of amides is 2. The van der Waals surface area contributed by atoms with Gasteiger partial charge in [0.15, 0.2) is 6.29 Å². The van der Waals surface area contributed by atoms with E-state index in [2.05, 4.69) is 46.7 Å². The summed E-state index contributed by atoms with van der Waals surface area (Å²) in [5.41, 5.74) is 2.37. The third-order valence-electron chi connectivity index (χ3n) is 4.77. The number of hydrogen-bond acceptors (Lipinski definition) is 5. The number of piperidine rings is 1. The van der Waals surface area contributed by atoms with Crippen LogP contribution in [-0.2, 0) is 0 Å². The third kappa shape index (κ3) is 4.98. The average Bonchev–Trinajstić information content (AvgIpc) is 2.47. The van der Waals surface area contributed by atoms with Gasteiger partial charge in [-0.1, -0.05) is 13.8 Å². The number of nitrogens with one attached hydrogen (secondary N) is 3. The molecule has 1 fully saturated rings. The molecule has 0 aromatic carbocycles. The number of nitrogens with zero attached hydrogens (tertiary/aromatic N) is 2. The lowest BCUT2D eigenvalue weighted by atomic mass is 9.71. The minimum Gasteiger partial charge on any atom is -0.465 e. The molecule has 1 aliphatic heterocycles. The van der Waals surface area contributed by atoms with Gasteiger partial charge in [-0.3, -0.25) is 15.6 Å². The zero-order chi connectivity index (χ0) is 19.5. The number of carboxylic acid groups (broad SMARTS) is 2. The Morgan fingerprint density at radius 1 is 1.31 bits per heavy atom. The van der Waals surface area contributed by atoms with E-state index in [1.807, 2.05) is 12.3 Å². The van der Waals surface area contributed by atoms with Crippen molar-refractivity contribution < 1.29 is 19.8 Å². The Morgan fingerprint density at radius 3 is 2.46 bits per heavy atom. The van der Waals surface area contributed by atoms with Gasteiger partial charge in [0.05, 0.1) is 11.4 Å². The average molecular weight is 365 g/mol. The van der Waals surface area contributed by atoms with Gasteiger partial charge in [0.2, 0.25) is 0 Å². The summed E-state index contributed by atoms with van der Waals surface area (Å²) < 4.78 is 0. The zero-order valence-electron chi connectivity index (χ0n) is 15.5. The van der Waals surface area contributed by atoms with Crippen LogP contribution in [0.5, 0.6) is 0 Å². The summed E-state index contributed by atoms with van der Waals surface area (Å²) in [4.78, 5) is 28.5. The van der Waals surface area contributed by atoms with Crippen LogP contribution < -0.4 is 16.0 Å². The minimum atomic E-state index is -1.34. The molecule has 0 bridgehead atoms. The molecule has 1 aromatic rings. The molecule has 26 heavy (non-hydrogen) atoms. The second kappa shape index (κ2) is 7.77. The van der Waals surface area contributed by atoms with Crippen molar-refractivity contribution in [1.29, 1.82) is 0 Å². The number of rotatable bonds is 5. The van der Waals surface area contributed by atoms with E-state index in [0.29, 0.717) is 17.3 Å². The Labute approximate surface area is 152 Å². The van der Waals surface area contributed by atoms with Crippen molar-refractivity contribution in [1.82, 2.24) is 20.5 Å². The highest BCUT2D eigenvalue weighted by Crippen LogP contribution is 2.42. The first-order chi connectivity index (χ1) is 12.1. The fourth-order valence-corrected chi connectivity index (χ4v) is 3.64. The van der Waals surface area contributed by atoms with Crippen molar-refractivity contribution in [2.45, 2.75) is 39.4 Å². The van der Waals surface area contributed by atoms with E-state index in [9.17, 15) is 9.59 Å². The molecule has 0 spiro atoms. The summed E-state index contributed by atoms with van der Waals surface area (Å²) in [6.07, 6.45) is -1.00. The molecule has 0 radical (unpaired) electrons. The summed E-state index contributed by atoms with van der Waals surface area (Å²) >= 11 is 0. The second-order valence-corrected chi connectivity index (χ2v) is 7.45. The molecule has 0 aliphatic carbocycles. The molecule has 1 aliphatic rings. The zero-order valence-corrected chi connectivity index (χ0v) is 15.5. The lowest BCUT2D eigenvalue weighted by Crippen LogP contribution is -2.52. The predicted molar refractivity (Wildman–Crippen MR) is 97.3 cm³/mol. The van der Waals surface area contributed by atoms with Gasteiger partial charge in [-0.25, -0.2) is 9.59 Å². The molecule has 1 unspecified atom stereocenters. The highest BCUT2D eigenvalue weighted by Gasteiger charge is 2.36. The Kier molecular flexibility index (Phi) is 5.91. The third-order valence-corrected chi connectivity index (χ3v) is 4.77. The fourth-order valence-electron chi connectivity index (χ4n) is 3.64. The topological polar surface area (TPSA) is 127 Å². The summed E-state index contributed by atoms with van der Waals surface area (Å²) in [6.45, 7) is 8.19. The lowest BCUT2D eigenvalue weighted by molar-refractivity contribution is 0.114. The van der Waals surface area contributed by atoms with Gasteiger partial charge in [-0.15, -0.1) is 0 Å². The molecular formula is C17H27N5O4. The molecule has 9 heteroatoms. The molecule has 1 aromatic heterocycles. The van der Waals surface area contributed by atoms with Gasteiger partial charge >= 0.3 is 12.2 Å². The van der Waals surface area contributed by atoms with Gasteiger partial charge in [-0.2, -0.15) is 0 Å². The number of aryl methyl sites for hydroxylation is 1. The first-order valence-corrected chi connectivity index (χ1v) is 8.49. The Hall–Kier alpha value is -2.55. The quantitative estimate of drug-likeness (QED) is 0.506. The number of hydrogen-bond donors (Lipinski definition) is 5. The number of aromatic nitrogens is 1. The summed E-state index contributed by atoms with van der Waals surface area (Å²) in [7, 11) is 2.11. The second-order valence-electron chi connectivity index (χ2n) is 7.45. The van der Waals surface area contributed by atoms with Crippen LogP contribution in [0.1, 0.15) is 37.4 Å². The molecule has 1 saturated heterocycles. The standard InChI is InChI=1S/C17H27N5O4/c1-10-13(19-14(20-15(23)24)21-16(25)26)7-11(8-18-10)12-5-6-22(4)9-17(12,2)3/h7-8,12,14,19-21H,5-6,9H2,1-4H3,(H,23,24)(H,25,26). The van der Waals surface area contributed by atoms with Crippen LogP contribution in [0.25, 0.3) is 0 Å². The summed E-state index contributed by atoms with van der Waals surface area (Å²) in [6, 6.07) is 1.93. The van der Waals surface area contributed by atoms with E-state index < -0.39 is 18.5 Å². The first-order valence-electron chi connectivity index (χ1n) is 8.49. The number of anilines is 1. The highest BCUT2D eigenvalue weighted by molar-refractivity contribution is 5.69. The number of carbonyl (C=O) groups is 2. The van der Waals surface area contributed by atoms with E-state index in [4.69, 9.17) is 10.2 Å². The van der Waals surface area contributed by atoms with Crippen LogP contribution >= 0.6 is 0 Å². The van der Waals surface area contributed by atoms with E-state index in [1.54, 1.807) is 6.92 Å². The van der Waals surface area contributed by atoms with Crippen molar-refractivity contribution in [3.63, 3.8) is 0 Å². The maximum Gasteiger partial charge on any atom is 0.407 e. The van der Waals surface area contributed by atoms with Gasteiger partial charge in [0.1, 0.15) is 0 Å². The van der Waals surface area contributed by atoms with E-state index >= 15 is 0 Å². The highest BCUT2D eigenvalue weighted by atomic mass is 16.4. The summed E-state index contributed by atoms with van der Waals surface area (Å²) in [5.74, 6) is 0.311. The number of pyridine rings is 1. The van der Waals surface area contributed by atoms with Crippen molar-refractivity contribution in [2.24, 2.45) is 5.41 Å². The van der Waals surface area contributed by atoms with Crippen LogP contribution in [-0.4, -0.2) is 58.7 Å². The lowest BCUT2D eigenvalue weighted by Gasteiger charge is -2.43. The molecular weight excluding hydrogens is 338 g/mol. The SMILES string of the molecule is Cc1ncc(C2CCN(C)CC2(C)C)cc1NC(NC(=O)O)NC(=O)O. The van der Waals surface area contributed by atoms with Crippen molar-refractivity contribution in [3.8, 4) is 0 Å². The van der Waals surface area contributed by atoms with Gasteiger partial charge in [-0.05, 0) is 49.9 Å². The van der Waals surface area contributed by atoms with Crippen molar-refractivity contribution >= 4 is 17.9 Å². The van der Waals surface area contributed by atoms with Crippen LogP contribution in [0, 0.1) is 12.3 Å². The predicted octanol–water partition coefficient (Wildman–Crippen LogP) is 2.07. The first kappa shape index (κ1) is 19.8. The molecule has 1 atom stereocenters. The largest absolute Gasteiger partial charge is 0.465 e. The Morgan fingerprint density at radius 2 is 1.92 bits per heavy atom. The smallest absolute Gasteiger partial charge is 0.407 e. The maximum atomic E-state index is 10.9. The Balaban J connectivity index is 2.25. The monoisotopic (exact) mass is 365 g/mol. The van der Waals surface area contributed by atoms with Gasteiger partial charge < -0.3 is 20.4 Å². The van der Waals surface area contributed by atoms with Crippen LogP contribution in [0.15, 0.2) is 12.3 Å². The van der Waals surface area contributed by atoms with E-state index in [0.717, 1.165) is 25.1 Å². The molecule has 9 nitrogen and oxygen atoms in total. The van der Waals surface area contributed by atoms with E-state index in [-0.39, 0.29) is 5.41 Å². The number of likely N-dealkylation sites (tertiary alicyclic amines) is 1. The van der Waals surface area contributed by atoms with Crippen LogP contribution in [0.2, 0.25) is 0 Å². The van der Waals surface area contributed by atoms with Crippen LogP contribution in [0.3, 0.4) is 0 Å². The van der Waals surface area contributed by atoms with Crippen molar-refractivity contribution in [2.75, 3.05) is 25.5 Å². The normalized spacial score (nSPS) is 19.8. The Bertz CT molecular complexity index is 663. The maximum absolute atomic E-state index is 10.9. The molecule has 5 N–H and O–H groups in total. The minimum absolute atomic E-state index is 0.0687. The molecule has 2 amide bonds. The van der Waals surface area contributed by atoms with Gasteiger partial charge in [0, 0.05) is 12.7 Å². The van der Waals surface area contributed by atoms with Gasteiger partial charge in [0.25, 0.3) is 0 Å². The molecule has 2 rings (SSSR count).